The summed E-state index contributed by atoms with van der Waals surface area (Å²) in [5.41, 5.74) is 0. The standard InChI is InChI=1S/C5H7ClN2O2/c6-8-3-1-2-4(9)7-5(3)10/h3,8H,1-2H2,(H,7,9,10). The molecule has 1 rings (SSSR count). The number of hydrogen-bond donors (Lipinski definition) is 2. The quantitative estimate of drug-likeness (QED) is 0.405. The molecular weight excluding hydrogens is 156 g/mol. The highest BCUT2D eigenvalue weighted by Gasteiger charge is 2.25. The molecule has 0 aliphatic carbocycles. The second-order valence-electron chi connectivity index (χ2n) is 2.11. The van der Waals surface area contributed by atoms with E-state index in [-0.39, 0.29) is 11.8 Å². The molecule has 0 spiro atoms. The molecule has 1 fully saturated rings. The van der Waals surface area contributed by atoms with Crippen molar-refractivity contribution in [3.63, 3.8) is 0 Å². The van der Waals surface area contributed by atoms with E-state index in [1.54, 1.807) is 0 Å². The molecule has 5 heteroatoms. The minimum Gasteiger partial charge on any atom is -0.295 e. The number of nitrogens with one attached hydrogen (secondary N) is 2. The zero-order valence-electron chi connectivity index (χ0n) is 5.19. The van der Waals surface area contributed by atoms with E-state index in [1.165, 1.54) is 0 Å². The second-order valence-corrected chi connectivity index (χ2v) is 2.33. The van der Waals surface area contributed by atoms with Crippen LogP contribution in [-0.2, 0) is 9.59 Å². The summed E-state index contributed by atoms with van der Waals surface area (Å²) in [5, 5.41) is 2.16. The maximum absolute atomic E-state index is 10.8. The molecule has 0 aromatic carbocycles. The fourth-order valence-corrected chi connectivity index (χ4v) is 1.01. The molecule has 0 aromatic rings. The number of imide groups is 1. The van der Waals surface area contributed by atoms with Gasteiger partial charge in [0.2, 0.25) is 11.8 Å². The van der Waals surface area contributed by atoms with E-state index in [0.717, 1.165) is 0 Å². The van der Waals surface area contributed by atoms with E-state index < -0.39 is 6.04 Å². The maximum Gasteiger partial charge on any atom is 0.244 e. The van der Waals surface area contributed by atoms with E-state index >= 15 is 0 Å². The van der Waals surface area contributed by atoms with Gasteiger partial charge in [0.1, 0.15) is 6.04 Å². The van der Waals surface area contributed by atoms with Gasteiger partial charge in [-0.25, -0.2) is 4.84 Å². The average molecular weight is 163 g/mol. The Bertz CT molecular complexity index is 171. The first-order chi connectivity index (χ1) is 4.74. The van der Waals surface area contributed by atoms with Crippen molar-refractivity contribution in [1.82, 2.24) is 10.2 Å². The number of carbonyl (C=O) groups is 2. The molecule has 0 aromatic heterocycles. The summed E-state index contributed by atoms with van der Waals surface area (Å²) in [6.07, 6.45) is 0.838. The Hall–Kier alpha value is -0.610. The Balaban J connectivity index is 2.51. The van der Waals surface area contributed by atoms with Crippen molar-refractivity contribution in [3.8, 4) is 0 Å². The number of hydrogen-bond acceptors (Lipinski definition) is 3. The third-order valence-corrected chi connectivity index (χ3v) is 1.63. The van der Waals surface area contributed by atoms with Crippen molar-refractivity contribution < 1.29 is 9.59 Å². The largest absolute Gasteiger partial charge is 0.295 e. The van der Waals surface area contributed by atoms with Gasteiger partial charge in [0.05, 0.1) is 0 Å². The lowest BCUT2D eigenvalue weighted by Gasteiger charge is -2.18. The predicted molar refractivity (Wildman–Crippen MR) is 35.2 cm³/mol. The van der Waals surface area contributed by atoms with E-state index in [2.05, 4.69) is 10.2 Å². The van der Waals surface area contributed by atoms with E-state index in [9.17, 15) is 9.59 Å². The molecule has 56 valence electrons. The van der Waals surface area contributed by atoms with Crippen molar-refractivity contribution in [2.45, 2.75) is 18.9 Å². The number of carbonyl (C=O) groups excluding carboxylic acids is 2. The summed E-state index contributed by atoms with van der Waals surface area (Å²) < 4.78 is 0. The van der Waals surface area contributed by atoms with Crippen LogP contribution >= 0.6 is 11.8 Å². The van der Waals surface area contributed by atoms with Crippen LogP contribution in [0.15, 0.2) is 0 Å². The van der Waals surface area contributed by atoms with Gasteiger partial charge in [-0.3, -0.25) is 14.9 Å². The SMILES string of the molecule is O=C1CCC(NCl)C(=O)N1. The predicted octanol–water partition coefficient (Wildman–Crippen LogP) is -0.465. The lowest BCUT2D eigenvalue weighted by molar-refractivity contribution is -0.134. The van der Waals surface area contributed by atoms with E-state index in [0.29, 0.717) is 12.8 Å². The average Bonchev–Trinajstić information content (AvgIpc) is 1.88. The minimum atomic E-state index is -0.417. The van der Waals surface area contributed by atoms with Gasteiger partial charge < -0.3 is 0 Å². The number of rotatable bonds is 1. The molecule has 10 heavy (non-hydrogen) atoms. The van der Waals surface area contributed by atoms with Gasteiger partial charge in [0.25, 0.3) is 0 Å². The molecule has 2 amide bonds. The van der Waals surface area contributed by atoms with Gasteiger partial charge in [-0.1, -0.05) is 0 Å². The fraction of sp³-hybridized carbons (Fsp3) is 0.600. The topological polar surface area (TPSA) is 58.2 Å². The molecule has 1 aliphatic heterocycles. The third-order valence-electron chi connectivity index (χ3n) is 1.37. The molecule has 0 radical (unpaired) electrons. The first-order valence-corrected chi connectivity index (χ1v) is 3.31. The third kappa shape index (κ3) is 1.46. The number of halogens is 1. The highest BCUT2D eigenvalue weighted by molar-refractivity contribution is 6.16. The normalized spacial score (nSPS) is 26.3. The summed E-state index contributed by atoms with van der Waals surface area (Å²) >= 11 is 5.20. The highest BCUT2D eigenvalue weighted by Crippen LogP contribution is 2.03. The molecule has 0 bridgehead atoms. The molecule has 1 unspecified atom stereocenters. The van der Waals surface area contributed by atoms with Crippen LogP contribution in [0.1, 0.15) is 12.8 Å². The molecule has 1 aliphatic rings. The summed E-state index contributed by atoms with van der Waals surface area (Å²) in [7, 11) is 0. The molecule has 1 atom stereocenters. The van der Waals surface area contributed by atoms with Crippen molar-refractivity contribution in [2.75, 3.05) is 0 Å². The van der Waals surface area contributed by atoms with Crippen molar-refractivity contribution in [2.24, 2.45) is 0 Å². The van der Waals surface area contributed by atoms with Crippen LogP contribution in [0.3, 0.4) is 0 Å². The maximum atomic E-state index is 10.8. The van der Waals surface area contributed by atoms with Gasteiger partial charge in [-0.15, -0.1) is 0 Å². The van der Waals surface area contributed by atoms with Crippen LogP contribution in [0.5, 0.6) is 0 Å². The summed E-state index contributed by atoms with van der Waals surface area (Å²) in [5.74, 6) is -0.570. The van der Waals surface area contributed by atoms with Crippen LogP contribution < -0.4 is 10.2 Å². The molecule has 2 N–H and O–H groups in total. The van der Waals surface area contributed by atoms with Gasteiger partial charge >= 0.3 is 0 Å². The van der Waals surface area contributed by atoms with Crippen LogP contribution in [0.25, 0.3) is 0 Å². The van der Waals surface area contributed by atoms with Crippen LogP contribution in [-0.4, -0.2) is 17.9 Å². The zero-order chi connectivity index (χ0) is 7.56. The van der Waals surface area contributed by atoms with Crippen LogP contribution in [0.4, 0.5) is 0 Å². The summed E-state index contributed by atoms with van der Waals surface area (Å²) in [6, 6.07) is -0.417. The summed E-state index contributed by atoms with van der Waals surface area (Å²) in [6.45, 7) is 0. The molecule has 0 saturated carbocycles. The minimum absolute atomic E-state index is 0.229. The second kappa shape index (κ2) is 2.98. The number of amides is 2. The lowest BCUT2D eigenvalue weighted by atomic mass is 10.1. The Labute approximate surface area is 63.0 Å². The lowest BCUT2D eigenvalue weighted by Crippen LogP contribution is -2.48. The van der Waals surface area contributed by atoms with E-state index in [4.69, 9.17) is 11.8 Å². The van der Waals surface area contributed by atoms with Gasteiger partial charge in [0.15, 0.2) is 0 Å². The zero-order valence-corrected chi connectivity index (χ0v) is 5.94. The Kier molecular flexibility index (Phi) is 2.24. The van der Waals surface area contributed by atoms with Crippen LogP contribution in [0, 0.1) is 0 Å². The smallest absolute Gasteiger partial charge is 0.244 e. The monoisotopic (exact) mass is 162 g/mol. The first kappa shape index (κ1) is 7.50. The molecular formula is C5H7ClN2O2. The van der Waals surface area contributed by atoms with Crippen molar-refractivity contribution >= 4 is 23.6 Å². The first-order valence-electron chi connectivity index (χ1n) is 2.94. The van der Waals surface area contributed by atoms with Crippen LogP contribution in [0.2, 0.25) is 0 Å². The van der Waals surface area contributed by atoms with Crippen molar-refractivity contribution in [1.29, 1.82) is 0 Å². The molecule has 1 saturated heterocycles. The molecule has 1 heterocycles. The Morgan fingerprint density at radius 1 is 1.60 bits per heavy atom. The van der Waals surface area contributed by atoms with Gasteiger partial charge in [0, 0.05) is 6.42 Å². The van der Waals surface area contributed by atoms with Crippen molar-refractivity contribution in [3.05, 3.63) is 0 Å². The van der Waals surface area contributed by atoms with Gasteiger partial charge in [-0.2, -0.15) is 0 Å². The fourth-order valence-electron chi connectivity index (χ4n) is 0.798. The van der Waals surface area contributed by atoms with E-state index in [1.807, 2.05) is 0 Å². The highest BCUT2D eigenvalue weighted by atomic mass is 35.5. The Morgan fingerprint density at radius 3 is 2.80 bits per heavy atom. The Morgan fingerprint density at radius 2 is 2.30 bits per heavy atom. The number of piperidine rings is 1. The van der Waals surface area contributed by atoms with Gasteiger partial charge in [-0.05, 0) is 18.2 Å². The molecule has 4 nitrogen and oxygen atoms in total. The summed E-state index contributed by atoms with van der Waals surface area (Å²) in [4.78, 5) is 23.6.